The van der Waals surface area contributed by atoms with Gasteiger partial charge in [0, 0.05) is 18.5 Å². The van der Waals surface area contributed by atoms with Crippen LogP contribution in [0.5, 0.6) is 0 Å². The third kappa shape index (κ3) is 2.70. The lowest BCUT2D eigenvalue weighted by Gasteiger charge is -2.19. The zero-order valence-electron chi connectivity index (χ0n) is 11.6. The zero-order valence-corrected chi connectivity index (χ0v) is 13.3. The van der Waals surface area contributed by atoms with Gasteiger partial charge in [-0.1, -0.05) is 12.1 Å². The summed E-state index contributed by atoms with van der Waals surface area (Å²) in [4.78, 5) is 5.25. The maximum atomic E-state index is 12.6. The molecule has 0 aliphatic rings. The van der Waals surface area contributed by atoms with E-state index in [4.69, 9.17) is 5.73 Å². The van der Waals surface area contributed by atoms with Crippen LogP contribution in [0.15, 0.2) is 28.6 Å². The van der Waals surface area contributed by atoms with Crippen molar-refractivity contribution in [1.82, 2.24) is 9.29 Å². The number of aryl methyl sites for hydroxylation is 2. The third-order valence-electron chi connectivity index (χ3n) is 3.12. The Hall–Kier alpha value is -1.44. The molecule has 0 amide bonds. The average molecular weight is 311 g/mol. The first-order valence-electron chi connectivity index (χ1n) is 6.04. The molecule has 2 rings (SSSR count). The normalized spacial score (nSPS) is 12.0. The van der Waals surface area contributed by atoms with E-state index >= 15 is 0 Å². The van der Waals surface area contributed by atoms with Crippen molar-refractivity contribution in [3.05, 3.63) is 39.8 Å². The summed E-state index contributed by atoms with van der Waals surface area (Å²) in [6, 6.07) is 5.09. The molecule has 20 heavy (non-hydrogen) atoms. The van der Waals surface area contributed by atoms with Crippen LogP contribution in [0.3, 0.4) is 0 Å². The summed E-state index contributed by atoms with van der Waals surface area (Å²) in [7, 11) is -2.05. The van der Waals surface area contributed by atoms with Crippen molar-refractivity contribution in [3.8, 4) is 0 Å². The smallest absolute Gasteiger partial charge is 0.245 e. The van der Waals surface area contributed by atoms with Crippen molar-refractivity contribution in [3.63, 3.8) is 0 Å². The molecule has 0 saturated heterocycles. The summed E-state index contributed by atoms with van der Waals surface area (Å²) in [5.74, 6) is 0. The van der Waals surface area contributed by atoms with Crippen LogP contribution in [0.4, 0.5) is 5.69 Å². The molecule has 0 spiro atoms. The Morgan fingerprint density at radius 3 is 2.60 bits per heavy atom. The fourth-order valence-electron chi connectivity index (χ4n) is 1.95. The first-order chi connectivity index (χ1) is 9.34. The summed E-state index contributed by atoms with van der Waals surface area (Å²) in [6.07, 6.45) is 0. The van der Waals surface area contributed by atoms with Crippen molar-refractivity contribution in [2.45, 2.75) is 25.3 Å². The van der Waals surface area contributed by atoms with Crippen molar-refractivity contribution in [2.75, 3.05) is 12.8 Å². The number of thiazole rings is 1. The Balaban J connectivity index is 2.38. The van der Waals surface area contributed by atoms with Gasteiger partial charge in [0.25, 0.3) is 0 Å². The molecule has 0 radical (unpaired) electrons. The Morgan fingerprint density at radius 2 is 2.05 bits per heavy atom. The van der Waals surface area contributed by atoms with Gasteiger partial charge in [0.2, 0.25) is 10.0 Å². The van der Waals surface area contributed by atoms with E-state index in [9.17, 15) is 8.42 Å². The molecule has 0 atom stereocenters. The fraction of sp³-hybridized carbons (Fsp3) is 0.308. The summed E-state index contributed by atoms with van der Waals surface area (Å²) < 4.78 is 26.6. The number of nitrogens with zero attached hydrogens (tertiary/aromatic N) is 2. The SMILES string of the molecule is Cc1cccc(N)c1S(=O)(=O)N(C)Cc1scnc1C. The summed E-state index contributed by atoms with van der Waals surface area (Å²) >= 11 is 1.45. The molecule has 0 saturated carbocycles. The molecule has 7 heteroatoms. The molecule has 2 aromatic rings. The Labute approximate surface area is 123 Å². The van der Waals surface area contributed by atoms with Crippen LogP contribution in [0.25, 0.3) is 0 Å². The highest BCUT2D eigenvalue weighted by Crippen LogP contribution is 2.27. The van der Waals surface area contributed by atoms with Gasteiger partial charge in [-0.05, 0) is 25.5 Å². The van der Waals surface area contributed by atoms with Crippen LogP contribution >= 0.6 is 11.3 Å². The number of nitrogens with two attached hydrogens (primary N) is 1. The maximum absolute atomic E-state index is 12.6. The number of nitrogen functional groups attached to an aromatic ring is 1. The Morgan fingerprint density at radius 1 is 1.35 bits per heavy atom. The lowest BCUT2D eigenvalue weighted by Crippen LogP contribution is -2.27. The number of aromatic nitrogens is 1. The minimum atomic E-state index is -3.61. The van der Waals surface area contributed by atoms with Crippen LogP contribution in [-0.4, -0.2) is 24.8 Å². The van der Waals surface area contributed by atoms with Gasteiger partial charge >= 0.3 is 0 Å². The standard InChI is InChI=1S/C13H17N3O2S2/c1-9-5-4-6-11(14)13(9)20(17,18)16(3)7-12-10(2)15-8-19-12/h4-6,8H,7,14H2,1-3H3. The molecule has 1 aromatic carbocycles. The molecule has 0 aliphatic carbocycles. The van der Waals surface area contributed by atoms with Crippen LogP contribution in [0.2, 0.25) is 0 Å². The largest absolute Gasteiger partial charge is 0.398 e. The van der Waals surface area contributed by atoms with Gasteiger partial charge in [0.15, 0.2) is 0 Å². The van der Waals surface area contributed by atoms with Gasteiger partial charge in [-0.15, -0.1) is 11.3 Å². The van der Waals surface area contributed by atoms with E-state index in [1.807, 2.05) is 6.92 Å². The van der Waals surface area contributed by atoms with E-state index in [0.717, 1.165) is 10.6 Å². The number of rotatable bonds is 4. The highest BCUT2D eigenvalue weighted by molar-refractivity contribution is 7.89. The number of hydrogen-bond donors (Lipinski definition) is 1. The van der Waals surface area contributed by atoms with Gasteiger partial charge in [0.05, 0.1) is 16.9 Å². The van der Waals surface area contributed by atoms with Gasteiger partial charge in [-0.3, -0.25) is 0 Å². The van der Waals surface area contributed by atoms with E-state index in [-0.39, 0.29) is 10.6 Å². The molecule has 0 fully saturated rings. The highest BCUT2D eigenvalue weighted by atomic mass is 32.2. The molecule has 2 N–H and O–H groups in total. The first kappa shape index (κ1) is 15.0. The number of benzene rings is 1. The lowest BCUT2D eigenvalue weighted by atomic mass is 10.2. The summed E-state index contributed by atoms with van der Waals surface area (Å²) in [5.41, 5.74) is 9.33. The predicted octanol–water partition coefficient (Wildman–Crippen LogP) is 2.16. The Kier molecular flexibility index (Phi) is 4.12. The molecule has 0 bridgehead atoms. The first-order valence-corrected chi connectivity index (χ1v) is 8.36. The molecule has 0 aliphatic heterocycles. The molecule has 5 nitrogen and oxygen atoms in total. The zero-order chi connectivity index (χ0) is 14.9. The minimum Gasteiger partial charge on any atom is -0.398 e. The molecule has 108 valence electrons. The highest BCUT2D eigenvalue weighted by Gasteiger charge is 2.25. The van der Waals surface area contributed by atoms with Gasteiger partial charge in [-0.25, -0.2) is 13.4 Å². The molecular formula is C13H17N3O2S2. The van der Waals surface area contributed by atoms with Crippen LogP contribution in [0, 0.1) is 13.8 Å². The van der Waals surface area contributed by atoms with E-state index in [1.54, 1.807) is 37.7 Å². The quantitative estimate of drug-likeness (QED) is 0.878. The molecule has 1 heterocycles. The van der Waals surface area contributed by atoms with Crippen LogP contribution in [-0.2, 0) is 16.6 Å². The second-order valence-corrected chi connectivity index (χ2v) is 7.54. The number of hydrogen-bond acceptors (Lipinski definition) is 5. The fourth-order valence-corrected chi connectivity index (χ4v) is 4.31. The monoisotopic (exact) mass is 311 g/mol. The second kappa shape index (κ2) is 5.51. The topological polar surface area (TPSA) is 76.3 Å². The van der Waals surface area contributed by atoms with E-state index in [1.165, 1.54) is 15.6 Å². The van der Waals surface area contributed by atoms with Crippen molar-refractivity contribution in [2.24, 2.45) is 0 Å². The van der Waals surface area contributed by atoms with E-state index in [2.05, 4.69) is 4.98 Å². The van der Waals surface area contributed by atoms with Crippen LogP contribution in [0.1, 0.15) is 16.1 Å². The van der Waals surface area contributed by atoms with Gasteiger partial charge in [0.1, 0.15) is 4.90 Å². The number of sulfonamides is 1. The average Bonchev–Trinajstić information content (AvgIpc) is 2.74. The molecule has 0 unspecified atom stereocenters. The van der Waals surface area contributed by atoms with Crippen molar-refractivity contribution >= 4 is 27.0 Å². The summed E-state index contributed by atoms with van der Waals surface area (Å²) in [5, 5.41) is 0. The van der Waals surface area contributed by atoms with E-state index in [0.29, 0.717) is 12.1 Å². The predicted molar refractivity (Wildman–Crippen MR) is 81.1 cm³/mol. The second-order valence-electron chi connectivity index (χ2n) is 4.62. The van der Waals surface area contributed by atoms with Crippen molar-refractivity contribution < 1.29 is 8.42 Å². The molecular weight excluding hydrogens is 294 g/mol. The van der Waals surface area contributed by atoms with Crippen LogP contribution < -0.4 is 5.73 Å². The minimum absolute atomic E-state index is 0.185. The maximum Gasteiger partial charge on any atom is 0.245 e. The third-order valence-corrected chi connectivity index (χ3v) is 6.06. The summed E-state index contributed by atoms with van der Waals surface area (Å²) in [6.45, 7) is 3.91. The van der Waals surface area contributed by atoms with Gasteiger partial charge < -0.3 is 5.73 Å². The number of anilines is 1. The van der Waals surface area contributed by atoms with E-state index < -0.39 is 10.0 Å². The lowest BCUT2D eigenvalue weighted by molar-refractivity contribution is 0.468. The Bertz CT molecular complexity index is 703. The van der Waals surface area contributed by atoms with Gasteiger partial charge in [-0.2, -0.15) is 4.31 Å². The molecule has 1 aromatic heterocycles. The van der Waals surface area contributed by atoms with Crippen molar-refractivity contribution in [1.29, 1.82) is 0 Å².